The number of nitrogens with one attached hydrogen (secondary N) is 1. The molecular formula is C18H21ClN2O2. The fourth-order valence-electron chi connectivity index (χ4n) is 2.35. The molecular weight excluding hydrogens is 312 g/mol. The molecule has 23 heavy (non-hydrogen) atoms. The molecule has 2 rings (SSSR count). The molecule has 1 atom stereocenters. The second-order valence-corrected chi connectivity index (χ2v) is 5.91. The number of methoxy groups -OCH3 is 1. The van der Waals surface area contributed by atoms with Crippen molar-refractivity contribution < 1.29 is 9.53 Å². The molecule has 0 spiro atoms. The smallest absolute Gasteiger partial charge is 0.251 e. The van der Waals surface area contributed by atoms with Crippen LogP contribution in [0.25, 0.3) is 0 Å². The predicted octanol–water partition coefficient (Wildman–Crippen LogP) is 3.38. The van der Waals surface area contributed by atoms with Crippen LogP contribution in [0.3, 0.4) is 0 Å². The second kappa shape index (κ2) is 7.99. The van der Waals surface area contributed by atoms with Crippen molar-refractivity contribution in [1.82, 2.24) is 10.2 Å². The Morgan fingerprint density at radius 3 is 2.48 bits per heavy atom. The monoisotopic (exact) mass is 332 g/mol. The molecule has 4 nitrogen and oxygen atoms in total. The molecule has 0 aromatic heterocycles. The summed E-state index contributed by atoms with van der Waals surface area (Å²) in [5, 5.41) is 3.52. The molecule has 122 valence electrons. The summed E-state index contributed by atoms with van der Waals surface area (Å²) in [7, 11) is 5.62. The molecule has 5 heteroatoms. The molecule has 0 fully saturated rings. The minimum absolute atomic E-state index is 0.0732. The van der Waals surface area contributed by atoms with Gasteiger partial charge in [-0.2, -0.15) is 0 Å². The van der Waals surface area contributed by atoms with Crippen molar-refractivity contribution in [3.8, 4) is 5.75 Å². The molecule has 1 amide bonds. The van der Waals surface area contributed by atoms with Crippen molar-refractivity contribution in [2.45, 2.75) is 6.04 Å². The van der Waals surface area contributed by atoms with Crippen LogP contribution in [0.1, 0.15) is 22.0 Å². The van der Waals surface area contributed by atoms with Crippen LogP contribution in [-0.2, 0) is 0 Å². The standard InChI is InChI=1S/C18H21ClN2O2/c1-21(2)17(13-7-9-16(23-3)10-8-13)12-20-18(22)14-5-4-6-15(19)11-14/h4-11,17H,12H2,1-3H3,(H,20,22). The van der Waals surface area contributed by atoms with E-state index < -0.39 is 0 Å². The number of ether oxygens (including phenoxy) is 1. The van der Waals surface area contributed by atoms with Gasteiger partial charge in [-0.25, -0.2) is 0 Å². The first-order valence-electron chi connectivity index (χ1n) is 7.35. The van der Waals surface area contributed by atoms with Gasteiger partial charge >= 0.3 is 0 Å². The van der Waals surface area contributed by atoms with E-state index in [1.54, 1.807) is 31.4 Å². The first-order valence-corrected chi connectivity index (χ1v) is 7.73. The number of likely N-dealkylation sites (N-methyl/N-ethyl adjacent to an activating group) is 1. The Balaban J connectivity index is 2.06. The second-order valence-electron chi connectivity index (χ2n) is 5.47. The van der Waals surface area contributed by atoms with E-state index in [1.165, 1.54) is 0 Å². The van der Waals surface area contributed by atoms with Crippen LogP contribution in [0.4, 0.5) is 0 Å². The SMILES string of the molecule is COc1ccc(C(CNC(=O)c2cccc(Cl)c2)N(C)C)cc1. The van der Waals surface area contributed by atoms with Gasteiger partial charge in [-0.3, -0.25) is 4.79 Å². The number of hydrogen-bond acceptors (Lipinski definition) is 3. The average molecular weight is 333 g/mol. The largest absolute Gasteiger partial charge is 0.497 e. The Morgan fingerprint density at radius 1 is 1.22 bits per heavy atom. The highest BCUT2D eigenvalue weighted by molar-refractivity contribution is 6.30. The van der Waals surface area contributed by atoms with E-state index in [9.17, 15) is 4.79 Å². The highest BCUT2D eigenvalue weighted by Gasteiger charge is 2.16. The van der Waals surface area contributed by atoms with E-state index in [-0.39, 0.29) is 11.9 Å². The van der Waals surface area contributed by atoms with Gasteiger partial charge in [0, 0.05) is 17.1 Å². The summed E-state index contributed by atoms with van der Waals surface area (Å²) < 4.78 is 5.18. The van der Waals surface area contributed by atoms with Gasteiger partial charge in [0.2, 0.25) is 0 Å². The minimum Gasteiger partial charge on any atom is -0.497 e. The molecule has 1 N–H and O–H groups in total. The molecule has 0 radical (unpaired) electrons. The summed E-state index contributed by atoms with van der Waals surface area (Å²) in [6, 6.07) is 14.9. The molecule has 0 saturated carbocycles. The number of halogens is 1. The van der Waals surface area contributed by atoms with Crippen LogP contribution in [0, 0.1) is 0 Å². The van der Waals surface area contributed by atoms with E-state index in [1.807, 2.05) is 38.4 Å². The topological polar surface area (TPSA) is 41.6 Å². The maximum absolute atomic E-state index is 12.2. The van der Waals surface area contributed by atoms with Crippen molar-refractivity contribution in [3.63, 3.8) is 0 Å². The number of carbonyl (C=O) groups excluding carboxylic acids is 1. The lowest BCUT2D eigenvalue weighted by Gasteiger charge is -2.25. The van der Waals surface area contributed by atoms with E-state index in [0.717, 1.165) is 11.3 Å². The molecule has 2 aromatic rings. The highest BCUT2D eigenvalue weighted by Crippen LogP contribution is 2.21. The van der Waals surface area contributed by atoms with Gasteiger partial charge in [-0.1, -0.05) is 29.8 Å². The zero-order chi connectivity index (χ0) is 16.8. The van der Waals surface area contributed by atoms with Gasteiger partial charge < -0.3 is 15.0 Å². The lowest BCUT2D eigenvalue weighted by molar-refractivity contribution is 0.0942. The van der Waals surface area contributed by atoms with Crippen LogP contribution in [0.2, 0.25) is 5.02 Å². The van der Waals surface area contributed by atoms with Gasteiger partial charge in [-0.15, -0.1) is 0 Å². The predicted molar refractivity (Wildman–Crippen MR) is 93.2 cm³/mol. The van der Waals surface area contributed by atoms with Crippen molar-refractivity contribution in [1.29, 1.82) is 0 Å². The van der Waals surface area contributed by atoms with Gasteiger partial charge in [0.25, 0.3) is 5.91 Å². The van der Waals surface area contributed by atoms with Crippen molar-refractivity contribution in [2.75, 3.05) is 27.7 Å². The van der Waals surface area contributed by atoms with Gasteiger partial charge in [0.05, 0.1) is 13.2 Å². The quantitative estimate of drug-likeness (QED) is 0.881. The number of rotatable bonds is 6. The van der Waals surface area contributed by atoms with Crippen LogP contribution in [0.15, 0.2) is 48.5 Å². The first kappa shape index (κ1) is 17.3. The zero-order valence-electron chi connectivity index (χ0n) is 13.5. The summed E-state index contributed by atoms with van der Waals surface area (Å²) in [5.41, 5.74) is 1.67. The fraction of sp³-hybridized carbons (Fsp3) is 0.278. The summed E-state index contributed by atoms with van der Waals surface area (Å²) >= 11 is 5.93. The molecule has 0 saturated heterocycles. The normalized spacial score (nSPS) is 12.0. The van der Waals surface area contributed by atoms with Crippen molar-refractivity contribution in [3.05, 3.63) is 64.7 Å². The first-order chi connectivity index (χ1) is 11.0. The van der Waals surface area contributed by atoms with Crippen molar-refractivity contribution >= 4 is 17.5 Å². The van der Waals surface area contributed by atoms with Crippen LogP contribution >= 0.6 is 11.6 Å². The van der Waals surface area contributed by atoms with Gasteiger partial charge in [0.15, 0.2) is 0 Å². The summed E-state index contributed by atoms with van der Waals surface area (Å²) in [5.74, 6) is 0.682. The van der Waals surface area contributed by atoms with Crippen LogP contribution in [0.5, 0.6) is 5.75 Å². The maximum Gasteiger partial charge on any atom is 0.251 e. The minimum atomic E-state index is -0.132. The summed E-state index contributed by atoms with van der Waals surface area (Å²) in [6.45, 7) is 0.505. The Bertz CT molecular complexity index is 656. The number of benzene rings is 2. The zero-order valence-corrected chi connectivity index (χ0v) is 14.3. The number of amides is 1. The lowest BCUT2D eigenvalue weighted by atomic mass is 10.1. The van der Waals surface area contributed by atoms with Gasteiger partial charge in [0.1, 0.15) is 5.75 Å². The molecule has 0 aliphatic heterocycles. The Labute approximate surface area is 142 Å². The third kappa shape index (κ3) is 4.71. The molecule has 2 aromatic carbocycles. The number of nitrogens with zero attached hydrogens (tertiary/aromatic N) is 1. The van der Waals surface area contributed by atoms with Crippen LogP contribution in [-0.4, -0.2) is 38.6 Å². The summed E-state index contributed by atoms with van der Waals surface area (Å²) in [6.07, 6.45) is 0. The summed E-state index contributed by atoms with van der Waals surface area (Å²) in [4.78, 5) is 14.3. The third-order valence-electron chi connectivity index (χ3n) is 3.67. The maximum atomic E-state index is 12.2. The Morgan fingerprint density at radius 2 is 1.91 bits per heavy atom. The van der Waals surface area contributed by atoms with E-state index in [0.29, 0.717) is 17.1 Å². The fourth-order valence-corrected chi connectivity index (χ4v) is 2.54. The third-order valence-corrected chi connectivity index (χ3v) is 3.90. The van der Waals surface area contributed by atoms with Crippen molar-refractivity contribution in [2.24, 2.45) is 0 Å². The van der Waals surface area contributed by atoms with Crippen LogP contribution < -0.4 is 10.1 Å². The van der Waals surface area contributed by atoms with E-state index in [4.69, 9.17) is 16.3 Å². The van der Waals surface area contributed by atoms with E-state index >= 15 is 0 Å². The Kier molecular flexibility index (Phi) is 6.02. The molecule has 0 bridgehead atoms. The molecule has 1 unspecified atom stereocenters. The van der Waals surface area contributed by atoms with Gasteiger partial charge in [-0.05, 0) is 50.0 Å². The average Bonchev–Trinajstić information content (AvgIpc) is 2.55. The highest BCUT2D eigenvalue weighted by atomic mass is 35.5. The van der Waals surface area contributed by atoms with E-state index in [2.05, 4.69) is 10.2 Å². The number of hydrogen-bond donors (Lipinski definition) is 1. The Hall–Kier alpha value is -2.04. The molecule has 0 aliphatic carbocycles. The lowest BCUT2D eigenvalue weighted by Crippen LogP contribution is -2.34. The number of carbonyl (C=O) groups is 1. The molecule has 0 aliphatic rings. The molecule has 0 heterocycles.